The number of thiophene rings is 1. The van der Waals surface area contributed by atoms with E-state index in [1.165, 1.54) is 29.8 Å². The summed E-state index contributed by atoms with van der Waals surface area (Å²) < 4.78 is 73.4. The van der Waals surface area contributed by atoms with Crippen LogP contribution in [0.5, 0.6) is 23.1 Å². The maximum atomic E-state index is 15.8. The van der Waals surface area contributed by atoms with Crippen molar-refractivity contribution in [3.63, 3.8) is 0 Å². The van der Waals surface area contributed by atoms with Crippen molar-refractivity contribution < 1.29 is 51.8 Å². The molecule has 1 aliphatic carbocycles. The van der Waals surface area contributed by atoms with E-state index in [-0.39, 0.29) is 67.7 Å². The Balaban J connectivity index is 0.982. The van der Waals surface area contributed by atoms with Crippen LogP contribution in [0, 0.1) is 19.7 Å². The topological polar surface area (TPSA) is 160 Å². The summed E-state index contributed by atoms with van der Waals surface area (Å²) in [5.74, 6) is -0.0951. The van der Waals surface area contributed by atoms with Gasteiger partial charge in [-0.15, -0.1) is 11.3 Å². The first kappa shape index (κ1) is 51.9. The molecule has 11 rings (SSSR count). The summed E-state index contributed by atoms with van der Waals surface area (Å²) in [5, 5.41) is 11.9. The molecule has 7 heterocycles. The largest absolute Gasteiger partial charge is 0.490 e. The van der Waals surface area contributed by atoms with Gasteiger partial charge in [-0.25, -0.2) is 33.5 Å². The molecule has 3 aromatic carbocycles. The Morgan fingerprint density at radius 2 is 1.76 bits per heavy atom. The molecule has 0 spiro atoms. The first-order valence-corrected chi connectivity index (χ1v) is 26.2. The molecule has 15 nitrogen and oxygen atoms in total. The van der Waals surface area contributed by atoms with E-state index >= 15 is 4.39 Å². The zero-order chi connectivity index (χ0) is 51.5. The van der Waals surface area contributed by atoms with Gasteiger partial charge >= 0.3 is 5.97 Å². The standard InChI is InChI=1S/C54H56Cl2F2N6O9S/c1-31-43-32(2)47(56)48(46(31)55)72-39(24-64-18-16-63(3)17-19-64)28-70-38-8-9-41(71-25-37-12-15-59-50(62-37)34-10-13-54(58,14-11-34)29-68-27-40-26-67-20-21-69-40)35(22-38)23-42(53(65)66)73-51-45-44(43)49(74-52(45)61-30-60-51)33-4-6-36(57)7-5-33/h4-10,12,15,22,30,39-40,42H,11,13-14,16-21,23-29H2,1-3H3,(H,65,66)/t39-,40-,42-,54+/m1/s1. The van der Waals surface area contributed by atoms with E-state index in [2.05, 4.69) is 31.8 Å². The predicted molar refractivity (Wildman–Crippen MR) is 277 cm³/mol. The Morgan fingerprint density at radius 1 is 0.959 bits per heavy atom. The van der Waals surface area contributed by atoms with Gasteiger partial charge in [0.05, 0.1) is 54.2 Å². The van der Waals surface area contributed by atoms with Gasteiger partial charge in [0, 0.05) is 67.8 Å². The molecule has 0 radical (unpaired) electrons. The highest BCUT2D eigenvalue weighted by Gasteiger charge is 2.35. The summed E-state index contributed by atoms with van der Waals surface area (Å²) in [6.45, 7) is 9.42. The highest BCUT2D eigenvalue weighted by Crippen LogP contribution is 2.53. The highest BCUT2D eigenvalue weighted by atomic mass is 35.5. The average molecular weight is 1070 g/mol. The minimum Gasteiger partial charge on any atom is -0.490 e. The third-order valence-electron chi connectivity index (χ3n) is 13.8. The summed E-state index contributed by atoms with van der Waals surface area (Å²) in [6.07, 6.45) is 3.16. The number of carboxylic acid groups (broad SMARTS) is 1. The van der Waals surface area contributed by atoms with Crippen LogP contribution in [0.4, 0.5) is 8.78 Å². The molecule has 4 aliphatic heterocycles. The third-order valence-corrected chi connectivity index (χ3v) is 15.9. The molecule has 0 saturated carbocycles. The molecule has 4 atom stereocenters. The number of halogens is 4. The number of hydrogen-bond donors (Lipinski definition) is 1. The number of carboxylic acids is 1. The molecule has 3 aromatic heterocycles. The maximum absolute atomic E-state index is 15.8. The Labute approximate surface area is 441 Å². The van der Waals surface area contributed by atoms with Crippen LogP contribution in [-0.4, -0.2) is 144 Å². The van der Waals surface area contributed by atoms with Crippen molar-refractivity contribution in [3.8, 4) is 44.7 Å². The third kappa shape index (κ3) is 11.6. The monoisotopic (exact) mass is 1070 g/mol. The molecule has 1 N–H and O–H groups in total. The molecule has 20 heteroatoms. The van der Waals surface area contributed by atoms with Gasteiger partial charge in [0.25, 0.3) is 0 Å². The number of aromatic nitrogens is 4. The first-order valence-electron chi connectivity index (χ1n) is 24.6. The molecule has 0 amide bonds. The number of hydrogen-bond acceptors (Lipinski definition) is 15. The smallest absolute Gasteiger partial charge is 0.345 e. The molecular formula is C54H56Cl2F2N6O9S. The number of ether oxygens (including phenoxy) is 7. The summed E-state index contributed by atoms with van der Waals surface area (Å²) in [5.41, 5.74) is 3.51. The quantitative estimate of drug-likeness (QED) is 0.123. The van der Waals surface area contributed by atoms with E-state index in [9.17, 15) is 14.3 Å². The lowest BCUT2D eigenvalue weighted by Crippen LogP contribution is -2.49. The summed E-state index contributed by atoms with van der Waals surface area (Å²) in [6, 6.07) is 13.0. The SMILES string of the molecule is Cc1c(Cl)c2c(Cl)c(C)c1-c1c(-c3ccc(F)cc3)sc3ncnc(c13)O[C@@H](C(=O)O)Cc1cc(ccc1OCc1ccnc(C3=CC[C@@](F)(COC[C@H]4COCCO4)CC3)n1)OC[C@@H](CN1CCN(C)CC1)O2. The lowest BCUT2D eigenvalue weighted by atomic mass is 9.87. The van der Waals surface area contributed by atoms with Crippen LogP contribution in [0.3, 0.4) is 0 Å². The van der Waals surface area contributed by atoms with Gasteiger partial charge in [0.2, 0.25) is 12.0 Å². The Morgan fingerprint density at radius 3 is 2.49 bits per heavy atom. The van der Waals surface area contributed by atoms with Gasteiger partial charge in [0.1, 0.15) is 59.6 Å². The Bertz CT molecular complexity index is 3020. The van der Waals surface area contributed by atoms with Crippen LogP contribution in [0.15, 0.2) is 67.1 Å². The number of piperazine rings is 1. The number of alkyl halides is 1. The number of likely N-dealkylation sites (N-methyl/N-ethyl adjacent to an activating group) is 1. The molecule has 5 aliphatic rings. The van der Waals surface area contributed by atoms with E-state index in [0.717, 1.165) is 31.8 Å². The minimum absolute atomic E-state index is 0.00220. The normalized spacial score (nSPS) is 21.8. The number of nitrogens with zero attached hydrogens (tertiary/aromatic N) is 6. The van der Waals surface area contributed by atoms with E-state index in [1.54, 1.807) is 42.6 Å². The molecule has 2 saturated heterocycles. The van der Waals surface area contributed by atoms with E-state index < -0.39 is 29.7 Å². The van der Waals surface area contributed by atoms with Gasteiger partial charge in [0.15, 0.2) is 11.6 Å². The van der Waals surface area contributed by atoms with Crippen LogP contribution in [-0.2, 0) is 32.0 Å². The second-order valence-corrected chi connectivity index (χ2v) is 20.9. The molecule has 74 heavy (non-hydrogen) atoms. The highest BCUT2D eigenvalue weighted by molar-refractivity contribution is 7.22. The predicted octanol–water partition coefficient (Wildman–Crippen LogP) is 9.63. The molecule has 0 unspecified atom stereocenters. The van der Waals surface area contributed by atoms with Crippen molar-refractivity contribution in [2.45, 2.75) is 70.1 Å². The Hall–Kier alpha value is -5.57. The zero-order valence-corrected chi connectivity index (χ0v) is 43.5. The summed E-state index contributed by atoms with van der Waals surface area (Å²) >= 11 is 16.0. The lowest BCUT2D eigenvalue weighted by molar-refractivity contribution is -0.145. The fourth-order valence-electron chi connectivity index (χ4n) is 9.71. The molecule has 6 aromatic rings. The number of rotatable bonds is 12. The molecule has 2 fully saturated rings. The molecular weight excluding hydrogens is 1020 g/mol. The van der Waals surface area contributed by atoms with Crippen molar-refractivity contribution in [3.05, 3.63) is 111 Å². The molecule has 4 bridgehead atoms. The summed E-state index contributed by atoms with van der Waals surface area (Å²) in [4.78, 5) is 37.7. The maximum Gasteiger partial charge on any atom is 0.345 e. The van der Waals surface area contributed by atoms with Crippen LogP contribution in [0.1, 0.15) is 47.5 Å². The van der Waals surface area contributed by atoms with Crippen molar-refractivity contribution >= 4 is 56.3 Å². The van der Waals surface area contributed by atoms with Gasteiger partial charge in [-0.3, -0.25) is 4.90 Å². The van der Waals surface area contributed by atoms with Gasteiger partial charge < -0.3 is 43.2 Å². The minimum atomic E-state index is -1.53. The number of aliphatic carboxylic acids is 1. The van der Waals surface area contributed by atoms with Crippen LogP contribution < -0.4 is 18.9 Å². The van der Waals surface area contributed by atoms with Crippen molar-refractivity contribution in [2.75, 3.05) is 79.4 Å². The van der Waals surface area contributed by atoms with Gasteiger partial charge in [-0.05, 0) is 98.0 Å². The first-order chi connectivity index (χ1) is 35.8. The second-order valence-electron chi connectivity index (χ2n) is 19.2. The van der Waals surface area contributed by atoms with Crippen molar-refractivity contribution in [1.29, 1.82) is 0 Å². The van der Waals surface area contributed by atoms with Crippen LogP contribution in [0.2, 0.25) is 10.0 Å². The zero-order valence-electron chi connectivity index (χ0n) is 41.2. The Kier molecular flexibility index (Phi) is 15.9. The van der Waals surface area contributed by atoms with Crippen LogP contribution in [0.25, 0.3) is 37.4 Å². The van der Waals surface area contributed by atoms with Crippen molar-refractivity contribution in [1.82, 2.24) is 29.7 Å². The fourth-order valence-corrected chi connectivity index (χ4v) is 11.4. The second kappa shape index (κ2) is 22.7. The van der Waals surface area contributed by atoms with Gasteiger partial charge in [-0.2, -0.15) is 0 Å². The number of benzene rings is 3. The molecule has 390 valence electrons. The lowest BCUT2D eigenvalue weighted by Gasteiger charge is -2.35. The fraction of sp³-hybridized carbons (Fsp3) is 0.426. The number of fused-ring (bicyclic) bond motifs is 7. The number of carbonyl (C=O) groups is 1. The average Bonchev–Trinajstić information content (AvgIpc) is 3.79. The van der Waals surface area contributed by atoms with E-state index in [0.29, 0.717) is 110 Å². The van der Waals surface area contributed by atoms with E-state index in [1.807, 2.05) is 19.9 Å². The van der Waals surface area contributed by atoms with Crippen LogP contribution >= 0.6 is 34.5 Å². The van der Waals surface area contributed by atoms with Gasteiger partial charge in [-0.1, -0.05) is 41.4 Å². The number of allylic oxidation sites excluding steroid dienone is 2. The van der Waals surface area contributed by atoms with E-state index in [4.69, 9.17) is 61.3 Å². The van der Waals surface area contributed by atoms with Crippen molar-refractivity contribution in [2.24, 2.45) is 0 Å². The summed E-state index contributed by atoms with van der Waals surface area (Å²) in [7, 11) is 2.09.